The molecule has 0 unspecified atom stereocenters. The summed E-state index contributed by atoms with van der Waals surface area (Å²) in [5, 5.41) is 26.3. The molecule has 2 amide bonds. The molecule has 3 atom stereocenters. The van der Waals surface area contributed by atoms with E-state index >= 15 is 0 Å². The van der Waals surface area contributed by atoms with Gasteiger partial charge in [0.05, 0.1) is 25.0 Å². The molecule has 0 radical (unpaired) electrons. The van der Waals surface area contributed by atoms with Gasteiger partial charge in [-0.3, -0.25) is 28.7 Å². The molecule has 12 N–H and O–H groups in total. The van der Waals surface area contributed by atoms with E-state index in [4.69, 9.17) is 31.1 Å². The maximum absolute atomic E-state index is 12.3. The van der Waals surface area contributed by atoms with Crippen LogP contribution in [-0.2, 0) is 30.2 Å². The van der Waals surface area contributed by atoms with E-state index in [1.165, 1.54) is 29.7 Å². The van der Waals surface area contributed by atoms with Gasteiger partial charge in [0.15, 0.2) is 23.0 Å². The number of imidazole rings is 1. The summed E-state index contributed by atoms with van der Waals surface area (Å²) in [7, 11) is -4.16. The van der Waals surface area contributed by atoms with Crippen LogP contribution >= 0.6 is 7.60 Å². The molecule has 0 bridgehead atoms. The molecule has 0 aliphatic carbocycles. The van der Waals surface area contributed by atoms with E-state index in [1.807, 2.05) is 0 Å². The summed E-state index contributed by atoms with van der Waals surface area (Å²) in [4.78, 5) is 95.2. The Morgan fingerprint density at radius 1 is 1.15 bits per heavy atom. The molecule has 1 aliphatic heterocycles. The zero-order valence-corrected chi connectivity index (χ0v) is 31.8. The van der Waals surface area contributed by atoms with Crippen LogP contribution in [0.3, 0.4) is 0 Å². The summed E-state index contributed by atoms with van der Waals surface area (Å²) in [5.74, 6) is -2.72. The maximum atomic E-state index is 12.3. The number of carbonyl (C=O) groups is 4. The van der Waals surface area contributed by atoms with Gasteiger partial charge in [0.25, 0.3) is 11.5 Å². The minimum Gasteiger partial charge on any atom is -0.481 e. The fraction of sp³-hybridized carbons (Fsp3) is 0.345. The third-order valence-corrected chi connectivity index (χ3v) is 8.02. The third-order valence-electron chi connectivity index (χ3n) is 7.53. The molecule has 4 aromatic rings. The first-order valence-corrected chi connectivity index (χ1v) is 17.4. The van der Waals surface area contributed by atoms with Crippen molar-refractivity contribution in [2.24, 2.45) is 0 Å². The topological polar surface area (TPSA) is 356 Å². The van der Waals surface area contributed by atoms with Gasteiger partial charge < -0.3 is 61.6 Å². The molecule has 284 valence electrons. The molecule has 5 rings (SSSR count). The molecule has 25 heteroatoms. The molecule has 3 aromatic heterocycles. The number of hydrogen-bond donors (Lipinski definition) is 10. The number of ether oxygens (including phenoxy) is 1. The Morgan fingerprint density at radius 3 is 2.48 bits per heavy atom. The summed E-state index contributed by atoms with van der Waals surface area (Å²) < 4.78 is 17.5. The molecule has 0 saturated carbocycles. The Kier molecular flexibility index (Phi) is 15.7. The van der Waals surface area contributed by atoms with Gasteiger partial charge in [-0.2, -0.15) is 4.98 Å². The average molecular weight is 801 g/mol. The number of hydrogen-bond acceptors (Lipinski definition) is 15. The van der Waals surface area contributed by atoms with Crippen molar-refractivity contribution in [1.29, 1.82) is 0 Å². The second-order valence-corrected chi connectivity index (χ2v) is 13.1. The number of anilines is 5. The largest absolute Gasteiger partial charge is 2.00 e. The monoisotopic (exact) mass is 800 g/mol. The number of fused-ring (bicyclic) bond motifs is 2. The first kappa shape index (κ1) is 43.5. The predicted octanol–water partition coefficient (Wildman–Crippen LogP) is -1.16. The number of rotatable bonds is 15. The van der Waals surface area contributed by atoms with Crippen LogP contribution in [0.4, 0.5) is 29.0 Å². The Hall–Kier alpha value is -4.90. The van der Waals surface area contributed by atoms with Gasteiger partial charge in [0, 0.05) is 30.8 Å². The van der Waals surface area contributed by atoms with E-state index in [2.05, 4.69) is 40.9 Å². The minimum absolute atomic E-state index is 0. The van der Waals surface area contributed by atoms with E-state index in [9.17, 15) is 33.6 Å². The summed E-state index contributed by atoms with van der Waals surface area (Å²) in [6.45, 7) is 2.62. The van der Waals surface area contributed by atoms with E-state index in [-0.39, 0.29) is 79.5 Å². The zero-order chi connectivity index (χ0) is 38.9. The molecule has 0 fully saturated rings. The van der Waals surface area contributed by atoms with Crippen molar-refractivity contribution in [3.63, 3.8) is 0 Å². The molecule has 54 heavy (non-hydrogen) atoms. The van der Waals surface area contributed by atoms with Crippen molar-refractivity contribution < 1.29 is 48.5 Å². The van der Waals surface area contributed by atoms with Gasteiger partial charge in [-0.25, -0.2) is 19.7 Å². The van der Waals surface area contributed by atoms with Crippen molar-refractivity contribution >= 4 is 110 Å². The number of aromatic amines is 1. The van der Waals surface area contributed by atoms with Crippen LogP contribution in [0.5, 0.6) is 0 Å². The normalized spacial score (nSPS) is 14.6. The SMILES string of the molecule is C[C@@H](Cn1cnc2c(N)ncnc21)OCP(=O)(O)O.Nc1nc2c(c(=O)[nH]1)N(C=O)[C@@H](CNc1ccc(C(=O)N[C@@H](CCC(=O)O)C(=O)O)cc1)CN2.[Ca+2]. The molecule has 1 aliphatic rings. The van der Waals surface area contributed by atoms with Gasteiger partial charge in [0.1, 0.15) is 24.2 Å². The Labute approximate surface area is 335 Å². The van der Waals surface area contributed by atoms with E-state index in [0.717, 1.165) is 0 Å². The van der Waals surface area contributed by atoms with Crippen molar-refractivity contribution in [2.75, 3.05) is 46.4 Å². The summed E-state index contributed by atoms with van der Waals surface area (Å²) in [6.07, 6.45) is 1.75. The number of nitrogen functional groups attached to an aromatic ring is 2. The van der Waals surface area contributed by atoms with Gasteiger partial charge in [-0.1, -0.05) is 0 Å². The van der Waals surface area contributed by atoms with Crippen LogP contribution in [0, 0.1) is 0 Å². The van der Waals surface area contributed by atoms with Crippen molar-refractivity contribution in [3.05, 3.63) is 52.8 Å². The van der Waals surface area contributed by atoms with Gasteiger partial charge in [-0.05, 0) is 37.6 Å². The van der Waals surface area contributed by atoms with Crippen molar-refractivity contribution in [1.82, 2.24) is 34.8 Å². The minimum atomic E-state index is -4.16. The van der Waals surface area contributed by atoms with Crippen molar-refractivity contribution in [2.45, 2.75) is 44.5 Å². The number of nitrogens with one attached hydrogen (secondary N) is 4. The van der Waals surface area contributed by atoms with Gasteiger partial charge >= 0.3 is 57.3 Å². The zero-order valence-electron chi connectivity index (χ0n) is 28.7. The van der Waals surface area contributed by atoms with Gasteiger partial charge in [-0.15, -0.1) is 0 Å². The number of carboxylic acids is 2. The molecule has 0 spiro atoms. The van der Waals surface area contributed by atoms with E-state index < -0.39 is 62.0 Å². The number of aromatic nitrogens is 6. The standard InChI is InChI=1S/C20H23N7O7.C9H14N5O4P.Ca/c21-20-25-16-15(18(32)26-20)27(9-28)12(8-23-16)7-22-11-3-1-10(2-4-11)17(31)24-13(19(33)34)5-6-14(29)30;1-6(18-5-19(15,16)17)2-14-4-13-7-8(10)11-3-12-9(7)14;/h1-4,9,12-13,22H,5-8H2,(H,24,31)(H,29,30)(H,33,34)(H4,21,23,25,26,32);3-4,6H,2,5H2,1H3,(H2,10,11,12)(H2,15,16,17);/q;;+2/t12-,13-;6-;/m00./s1. The number of nitrogens with two attached hydrogens (primary N) is 2. The van der Waals surface area contributed by atoms with Crippen LogP contribution in [-0.4, -0.2) is 149 Å². The van der Waals surface area contributed by atoms with Crippen molar-refractivity contribution in [3.8, 4) is 0 Å². The van der Waals surface area contributed by atoms with Crippen LogP contribution in [0.1, 0.15) is 30.1 Å². The number of nitrogens with zero attached hydrogens (tertiary/aromatic N) is 6. The summed E-state index contributed by atoms with van der Waals surface area (Å²) in [6, 6.07) is 4.36. The van der Waals surface area contributed by atoms with E-state index in [0.29, 0.717) is 36.4 Å². The number of carboxylic acid groups (broad SMARTS) is 2. The Bertz CT molecular complexity index is 2060. The predicted molar refractivity (Wildman–Crippen MR) is 194 cm³/mol. The number of benzene rings is 1. The number of carbonyl (C=O) groups excluding carboxylic acids is 2. The quantitative estimate of drug-likeness (QED) is 0.0385. The average Bonchev–Trinajstić information content (AvgIpc) is 3.51. The first-order valence-electron chi connectivity index (χ1n) is 15.6. The fourth-order valence-corrected chi connectivity index (χ4v) is 5.43. The summed E-state index contributed by atoms with van der Waals surface area (Å²) >= 11 is 0. The van der Waals surface area contributed by atoms with Crippen LogP contribution < -0.4 is 37.9 Å². The molecule has 0 saturated heterocycles. The molecular formula is C29H37CaN12O11P+2. The second-order valence-electron chi connectivity index (χ2n) is 11.5. The first-order chi connectivity index (χ1) is 25.1. The number of amides is 2. The maximum Gasteiger partial charge on any atom is 2.00 e. The smallest absolute Gasteiger partial charge is 0.481 e. The molecule has 4 heterocycles. The van der Waals surface area contributed by atoms with Gasteiger partial charge in [0.2, 0.25) is 12.4 Å². The van der Waals surface area contributed by atoms with Crippen LogP contribution in [0.25, 0.3) is 11.2 Å². The Morgan fingerprint density at radius 2 is 1.85 bits per heavy atom. The van der Waals surface area contributed by atoms with Crippen LogP contribution in [0.15, 0.2) is 41.7 Å². The fourth-order valence-electron chi connectivity index (χ4n) is 4.98. The molecule has 1 aromatic carbocycles. The summed E-state index contributed by atoms with van der Waals surface area (Å²) in [5.41, 5.74) is 12.5. The number of aliphatic carboxylic acids is 2. The second kappa shape index (κ2) is 19.4. The molecular weight excluding hydrogens is 763 g/mol. The Balaban J connectivity index is 0.000000332. The third kappa shape index (κ3) is 12.1. The van der Waals surface area contributed by atoms with Crippen LogP contribution in [0.2, 0.25) is 0 Å². The van der Waals surface area contributed by atoms with E-state index in [1.54, 1.807) is 23.6 Å². The molecule has 23 nitrogen and oxygen atoms in total. The number of H-pyrrole nitrogens is 1.